The number of aliphatic hydroxyl groups is 1. The maximum absolute atomic E-state index is 8.70. The lowest BCUT2D eigenvalue weighted by molar-refractivity contribution is 0.275. The molecule has 1 aromatic rings. The van der Waals surface area contributed by atoms with Gasteiger partial charge in [-0.1, -0.05) is 35.3 Å². The predicted molar refractivity (Wildman–Crippen MR) is 59.8 cm³/mol. The minimum Gasteiger partial charge on any atom is -0.396 e. The Morgan fingerprint density at radius 3 is 2.71 bits per heavy atom. The standard InChI is InChI=1S/C10H13Cl2NO/c11-9-3-1-2-7(10(9)12)6-8(13)4-5-14/h1-3,8,14H,4-6,13H2. The van der Waals surface area contributed by atoms with Crippen molar-refractivity contribution in [2.75, 3.05) is 6.61 Å². The molecule has 1 rings (SSSR count). The minimum absolute atomic E-state index is 0.0732. The van der Waals surface area contributed by atoms with Gasteiger partial charge < -0.3 is 10.8 Å². The van der Waals surface area contributed by atoms with Gasteiger partial charge in [0.05, 0.1) is 10.0 Å². The highest BCUT2D eigenvalue weighted by atomic mass is 35.5. The molecule has 4 heteroatoms. The van der Waals surface area contributed by atoms with Crippen molar-refractivity contribution in [1.29, 1.82) is 0 Å². The third-order valence-corrected chi connectivity index (χ3v) is 2.87. The molecule has 3 N–H and O–H groups in total. The molecule has 0 aromatic heterocycles. The Bertz CT molecular complexity index is 304. The zero-order valence-electron chi connectivity index (χ0n) is 7.71. The summed E-state index contributed by atoms with van der Waals surface area (Å²) in [4.78, 5) is 0. The van der Waals surface area contributed by atoms with E-state index < -0.39 is 0 Å². The Kier molecular flexibility index (Phi) is 4.69. The molecule has 0 fully saturated rings. The number of rotatable bonds is 4. The highest BCUT2D eigenvalue weighted by Crippen LogP contribution is 2.26. The zero-order valence-corrected chi connectivity index (χ0v) is 9.22. The van der Waals surface area contributed by atoms with Crippen molar-refractivity contribution in [2.24, 2.45) is 5.73 Å². The highest BCUT2D eigenvalue weighted by Gasteiger charge is 2.08. The fourth-order valence-electron chi connectivity index (χ4n) is 1.26. The Morgan fingerprint density at radius 2 is 2.07 bits per heavy atom. The second kappa shape index (κ2) is 5.56. The van der Waals surface area contributed by atoms with Gasteiger partial charge in [-0.05, 0) is 24.5 Å². The molecule has 0 aliphatic carbocycles. The summed E-state index contributed by atoms with van der Waals surface area (Å²) in [7, 11) is 0. The molecule has 1 unspecified atom stereocenters. The van der Waals surface area contributed by atoms with Crippen LogP contribution in [0.25, 0.3) is 0 Å². The van der Waals surface area contributed by atoms with Gasteiger partial charge in [-0.25, -0.2) is 0 Å². The first kappa shape index (κ1) is 11.8. The van der Waals surface area contributed by atoms with Gasteiger partial charge in [-0.2, -0.15) is 0 Å². The number of halogens is 2. The number of nitrogens with two attached hydrogens (primary N) is 1. The van der Waals surface area contributed by atoms with Crippen molar-refractivity contribution < 1.29 is 5.11 Å². The van der Waals surface area contributed by atoms with Crippen LogP contribution in [-0.2, 0) is 6.42 Å². The average molecular weight is 234 g/mol. The van der Waals surface area contributed by atoms with Gasteiger partial charge in [0.25, 0.3) is 0 Å². The normalized spacial score (nSPS) is 12.9. The number of hydrogen-bond acceptors (Lipinski definition) is 2. The fourth-order valence-corrected chi connectivity index (χ4v) is 1.65. The first-order valence-corrected chi connectivity index (χ1v) is 5.20. The van der Waals surface area contributed by atoms with Crippen molar-refractivity contribution in [3.8, 4) is 0 Å². The molecule has 0 radical (unpaired) electrons. The molecule has 0 saturated heterocycles. The Balaban J connectivity index is 2.71. The van der Waals surface area contributed by atoms with Crippen LogP contribution in [0.4, 0.5) is 0 Å². The summed E-state index contributed by atoms with van der Waals surface area (Å²) in [6.45, 7) is 0.0966. The molecule has 14 heavy (non-hydrogen) atoms. The summed E-state index contributed by atoms with van der Waals surface area (Å²) >= 11 is 11.8. The van der Waals surface area contributed by atoms with Gasteiger partial charge in [0, 0.05) is 12.6 Å². The lowest BCUT2D eigenvalue weighted by Gasteiger charge is -2.11. The highest BCUT2D eigenvalue weighted by molar-refractivity contribution is 6.42. The van der Waals surface area contributed by atoms with E-state index in [1.165, 1.54) is 0 Å². The molecule has 1 atom stereocenters. The van der Waals surface area contributed by atoms with Crippen LogP contribution < -0.4 is 5.73 Å². The van der Waals surface area contributed by atoms with E-state index in [0.29, 0.717) is 22.9 Å². The van der Waals surface area contributed by atoms with Gasteiger partial charge in [-0.15, -0.1) is 0 Å². The molecule has 2 nitrogen and oxygen atoms in total. The van der Waals surface area contributed by atoms with Crippen LogP contribution in [0.2, 0.25) is 10.0 Å². The molecule has 0 amide bonds. The van der Waals surface area contributed by atoms with Gasteiger partial charge in [-0.3, -0.25) is 0 Å². The number of hydrogen-bond donors (Lipinski definition) is 2. The Morgan fingerprint density at radius 1 is 1.36 bits per heavy atom. The van der Waals surface area contributed by atoms with E-state index in [4.69, 9.17) is 34.0 Å². The second-order valence-electron chi connectivity index (χ2n) is 3.19. The fraction of sp³-hybridized carbons (Fsp3) is 0.400. The lowest BCUT2D eigenvalue weighted by atomic mass is 10.0. The van der Waals surface area contributed by atoms with E-state index in [1.807, 2.05) is 12.1 Å². The zero-order chi connectivity index (χ0) is 10.6. The van der Waals surface area contributed by atoms with E-state index in [1.54, 1.807) is 6.07 Å². The predicted octanol–water partition coefficient (Wildman–Crippen LogP) is 2.25. The third-order valence-electron chi connectivity index (χ3n) is 2.01. The second-order valence-corrected chi connectivity index (χ2v) is 3.97. The van der Waals surface area contributed by atoms with Crippen LogP contribution in [0, 0.1) is 0 Å². The van der Waals surface area contributed by atoms with Crippen LogP contribution >= 0.6 is 23.2 Å². The van der Waals surface area contributed by atoms with Crippen LogP contribution in [0.1, 0.15) is 12.0 Å². The molecule has 78 valence electrons. The van der Waals surface area contributed by atoms with Crippen LogP contribution in [0.3, 0.4) is 0 Å². The topological polar surface area (TPSA) is 46.2 Å². The molecule has 0 aliphatic rings. The Hall–Kier alpha value is -0.280. The van der Waals surface area contributed by atoms with E-state index >= 15 is 0 Å². The summed E-state index contributed by atoms with van der Waals surface area (Å²) in [5.41, 5.74) is 6.70. The summed E-state index contributed by atoms with van der Waals surface area (Å²) in [5, 5.41) is 9.80. The van der Waals surface area contributed by atoms with E-state index in [9.17, 15) is 0 Å². The first-order valence-electron chi connectivity index (χ1n) is 4.44. The molecule has 0 saturated carbocycles. The maximum atomic E-state index is 8.70. The van der Waals surface area contributed by atoms with Gasteiger partial charge >= 0.3 is 0 Å². The molecule has 0 heterocycles. The molecule has 0 aliphatic heterocycles. The monoisotopic (exact) mass is 233 g/mol. The largest absolute Gasteiger partial charge is 0.396 e. The number of benzene rings is 1. The Labute approximate surface area is 93.6 Å². The van der Waals surface area contributed by atoms with Crippen molar-refractivity contribution >= 4 is 23.2 Å². The molecule has 0 spiro atoms. The average Bonchev–Trinajstić information content (AvgIpc) is 2.13. The van der Waals surface area contributed by atoms with Crippen LogP contribution in [0.5, 0.6) is 0 Å². The molecular weight excluding hydrogens is 221 g/mol. The van der Waals surface area contributed by atoms with Crippen molar-refractivity contribution in [3.63, 3.8) is 0 Å². The lowest BCUT2D eigenvalue weighted by Crippen LogP contribution is -2.24. The summed E-state index contributed by atoms with van der Waals surface area (Å²) in [6.07, 6.45) is 1.21. The van der Waals surface area contributed by atoms with Crippen molar-refractivity contribution in [2.45, 2.75) is 18.9 Å². The summed E-state index contributed by atoms with van der Waals surface area (Å²) < 4.78 is 0. The summed E-state index contributed by atoms with van der Waals surface area (Å²) in [6, 6.07) is 5.40. The van der Waals surface area contributed by atoms with Gasteiger partial charge in [0.15, 0.2) is 0 Å². The molecular formula is C10H13Cl2NO. The molecule has 1 aromatic carbocycles. The van der Waals surface area contributed by atoms with E-state index in [-0.39, 0.29) is 12.6 Å². The van der Waals surface area contributed by atoms with Crippen LogP contribution in [-0.4, -0.2) is 17.8 Å². The van der Waals surface area contributed by atoms with E-state index in [2.05, 4.69) is 0 Å². The summed E-state index contributed by atoms with van der Waals surface area (Å²) in [5.74, 6) is 0. The van der Waals surface area contributed by atoms with Gasteiger partial charge in [0.2, 0.25) is 0 Å². The third kappa shape index (κ3) is 3.14. The van der Waals surface area contributed by atoms with Crippen LogP contribution in [0.15, 0.2) is 18.2 Å². The first-order chi connectivity index (χ1) is 6.65. The smallest absolute Gasteiger partial charge is 0.0624 e. The van der Waals surface area contributed by atoms with Crippen molar-refractivity contribution in [1.82, 2.24) is 0 Å². The van der Waals surface area contributed by atoms with E-state index in [0.717, 1.165) is 5.56 Å². The minimum atomic E-state index is -0.0732. The van der Waals surface area contributed by atoms with Gasteiger partial charge in [0.1, 0.15) is 0 Å². The number of aliphatic hydroxyl groups excluding tert-OH is 1. The molecule has 0 bridgehead atoms. The van der Waals surface area contributed by atoms with Crippen molar-refractivity contribution in [3.05, 3.63) is 33.8 Å². The SMILES string of the molecule is NC(CCO)Cc1cccc(Cl)c1Cl. The maximum Gasteiger partial charge on any atom is 0.0624 e. The quantitative estimate of drug-likeness (QED) is 0.839.